The number of carbonyl (C=O) groups excluding carboxylic acids is 1. The highest BCUT2D eigenvalue weighted by atomic mass is 32.2. The Kier molecular flexibility index (Phi) is 6.01. The van der Waals surface area contributed by atoms with E-state index in [-0.39, 0.29) is 11.9 Å². The van der Waals surface area contributed by atoms with Crippen molar-refractivity contribution in [2.75, 3.05) is 5.75 Å². The van der Waals surface area contributed by atoms with E-state index >= 15 is 0 Å². The second kappa shape index (κ2) is 8.01. The first kappa shape index (κ1) is 15.0. The van der Waals surface area contributed by atoms with Gasteiger partial charge >= 0.3 is 0 Å². The number of amides is 1. The second-order valence-electron chi connectivity index (χ2n) is 4.49. The lowest BCUT2D eigenvalue weighted by Crippen LogP contribution is -2.34. The van der Waals surface area contributed by atoms with Crippen molar-refractivity contribution in [3.05, 3.63) is 41.4 Å². The molecule has 4 nitrogen and oxygen atoms in total. The predicted molar refractivity (Wildman–Crippen MR) is 83.0 cm³/mol. The Bertz CT molecular complexity index is 516. The van der Waals surface area contributed by atoms with E-state index in [2.05, 4.69) is 27.6 Å². The highest BCUT2D eigenvalue weighted by Crippen LogP contribution is 2.18. The van der Waals surface area contributed by atoms with E-state index < -0.39 is 0 Å². The van der Waals surface area contributed by atoms with Crippen LogP contribution >= 0.6 is 23.1 Å². The number of rotatable bonds is 7. The summed E-state index contributed by atoms with van der Waals surface area (Å²) in [4.78, 5) is 11.8. The van der Waals surface area contributed by atoms with Crippen LogP contribution in [0.3, 0.4) is 0 Å². The Hall–Kier alpha value is -1.40. The van der Waals surface area contributed by atoms with Crippen LogP contribution in [0.1, 0.15) is 18.9 Å². The summed E-state index contributed by atoms with van der Waals surface area (Å²) in [6, 6.07) is 10.5. The molecule has 0 fully saturated rings. The summed E-state index contributed by atoms with van der Waals surface area (Å²) in [5.74, 6) is 0.441. The Labute approximate surface area is 127 Å². The molecule has 1 N–H and O–H groups in total. The summed E-state index contributed by atoms with van der Waals surface area (Å²) < 4.78 is 0.831. The predicted octanol–water partition coefficient (Wildman–Crippen LogP) is 2.77. The number of thioether (sulfide) groups is 1. The minimum atomic E-state index is 0.0470. The van der Waals surface area contributed by atoms with Crippen molar-refractivity contribution in [2.45, 2.75) is 30.1 Å². The lowest BCUT2D eigenvalue weighted by atomic mass is 10.1. The van der Waals surface area contributed by atoms with Gasteiger partial charge in [0.25, 0.3) is 0 Å². The van der Waals surface area contributed by atoms with Crippen molar-refractivity contribution < 1.29 is 4.79 Å². The van der Waals surface area contributed by atoms with Gasteiger partial charge < -0.3 is 5.32 Å². The van der Waals surface area contributed by atoms with Crippen LogP contribution in [0, 0.1) is 0 Å². The molecule has 0 saturated carbocycles. The molecule has 2 aromatic rings. The van der Waals surface area contributed by atoms with E-state index in [1.54, 1.807) is 5.51 Å². The van der Waals surface area contributed by atoms with E-state index in [4.69, 9.17) is 0 Å². The molecule has 106 valence electrons. The minimum Gasteiger partial charge on any atom is -0.353 e. The normalized spacial score (nSPS) is 12.1. The van der Waals surface area contributed by atoms with Crippen molar-refractivity contribution in [2.24, 2.45) is 0 Å². The van der Waals surface area contributed by atoms with Gasteiger partial charge in [0.2, 0.25) is 5.91 Å². The van der Waals surface area contributed by atoms with Crippen molar-refractivity contribution in [3.63, 3.8) is 0 Å². The third-order valence-corrected chi connectivity index (χ3v) is 4.64. The molecule has 6 heteroatoms. The van der Waals surface area contributed by atoms with Crippen molar-refractivity contribution in [1.82, 2.24) is 15.5 Å². The molecule has 0 bridgehead atoms. The Morgan fingerprint density at radius 1 is 1.40 bits per heavy atom. The summed E-state index contributed by atoms with van der Waals surface area (Å²) in [6.45, 7) is 2.04. The average Bonchev–Trinajstić information content (AvgIpc) is 2.97. The maximum Gasteiger partial charge on any atom is 0.230 e. The molecule has 0 spiro atoms. The molecule has 1 heterocycles. The fourth-order valence-corrected chi connectivity index (χ4v) is 3.07. The van der Waals surface area contributed by atoms with Gasteiger partial charge in [-0.15, -0.1) is 10.2 Å². The van der Waals surface area contributed by atoms with Gasteiger partial charge in [0.05, 0.1) is 5.75 Å². The molecule has 0 unspecified atom stereocenters. The van der Waals surface area contributed by atoms with Crippen molar-refractivity contribution >= 4 is 29.0 Å². The quantitative estimate of drug-likeness (QED) is 0.799. The average molecular weight is 307 g/mol. The lowest BCUT2D eigenvalue weighted by molar-refractivity contribution is -0.119. The topological polar surface area (TPSA) is 54.9 Å². The highest BCUT2D eigenvalue weighted by Gasteiger charge is 2.09. The van der Waals surface area contributed by atoms with Gasteiger partial charge in [-0.25, -0.2) is 0 Å². The molecule has 0 saturated heterocycles. The largest absolute Gasteiger partial charge is 0.353 e. The number of hydrogen-bond acceptors (Lipinski definition) is 5. The molecular weight excluding hydrogens is 290 g/mol. The smallest absolute Gasteiger partial charge is 0.230 e. The zero-order valence-corrected chi connectivity index (χ0v) is 12.9. The van der Waals surface area contributed by atoms with Crippen molar-refractivity contribution in [3.8, 4) is 0 Å². The zero-order valence-electron chi connectivity index (χ0n) is 11.3. The summed E-state index contributed by atoms with van der Waals surface area (Å²) in [5.41, 5.74) is 2.97. The van der Waals surface area contributed by atoms with Crippen LogP contribution < -0.4 is 5.32 Å². The van der Waals surface area contributed by atoms with E-state index in [9.17, 15) is 4.79 Å². The van der Waals surface area contributed by atoms with E-state index in [1.165, 1.54) is 28.7 Å². The number of nitrogens with one attached hydrogen (secondary N) is 1. The molecule has 1 atom stereocenters. The van der Waals surface area contributed by atoms with E-state index in [1.807, 2.05) is 25.1 Å². The second-order valence-corrected chi connectivity index (χ2v) is 6.54. The molecule has 2 rings (SSSR count). The third-order valence-electron chi connectivity index (χ3n) is 2.78. The SMILES string of the molecule is C[C@H](CCc1ccccc1)NC(=O)CSc1nncs1. The Morgan fingerprint density at radius 2 is 2.20 bits per heavy atom. The maximum absolute atomic E-state index is 11.8. The van der Waals surface area contributed by atoms with Gasteiger partial charge in [0.15, 0.2) is 4.34 Å². The first-order chi connectivity index (χ1) is 9.74. The number of carbonyl (C=O) groups is 1. The van der Waals surface area contributed by atoms with Crippen molar-refractivity contribution in [1.29, 1.82) is 0 Å². The maximum atomic E-state index is 11.8. The van der Waals surface area contributed by atoms with Gasteiger partial charge in [0.1, 0.15) is 5.51 Å². The standard InChI is InChI=1S/C14H17N3OS2/c1-11(7-8-12-5-3-2-4-6-12)16-13(18)9-19-14-17-15-10-20-14/h2-6,10-11H,7-9H2,1H3,(H,16,18)/t11-/m1/s1. The summed E-state index contributed by atoms with van der Waals surface area (Å²) >= 11 is 2.88. The van der Waals surface area contributed by atoms with Crippen LogP contribution in [-0.4, -0.2) is 27.9 Å². The fourth-order valence-electron chi connectivity index (χ4n) is 1.77. The van der Waals surface area contributed by atoms with Crippen LogP contribution in [0.5, 0.6) is 0 Å². The molecule has 0 aliphatic heterocycles. The van der Waals surface area contributed by atoms with Crippen LogP contribution in [0.25, 0.3) is 0 Å². The van der Waals surface area contributed by atoms with Crippen LogP contribution in [0.15, 0.2) is 40.2 Å². The molecule has 1 aromatic carbocycles. The highest BCUT2D eigenvalue weighted by molar-refractivity contribution is 8.01. The van der Waals surface area contributed by atoms with Crippen LogP contribution in [-0.2, 0) is 11.2 Å². The lowest BCUT2D eigenvalue weighted by Gasteiger charge is -2.13. The summed E-state index contributed by atoms with van der Waals surface area (Å²) in [5, 5.41) is 10.6. The number of benzene rings is 1. The first-order valence-electron chi connectivity index (χ1n) is 6.46. The fraction of sp³-hybridized carbons (Fsp3) is 0.357. The monoisotopic (exact) mass is 307 g/mol. The van der Waals surface area contributed by atoms with Crippen LogP contribution in [0.4, 0.5) is 0 Å². The van der Waals surface area contributed by atoms with Gasteiger partial charge in [-0.05, 0) is 25.3 Å². The molecule has 1 amide bonds. The van der Waals surface area contributed by atoms with Gasteiger partial charge in [-0.1, -0.05) is 53.4 Å². The Balaban J connectivity index is 1.66. The first-order valence-corrected chi connectivity index (χ1v) is 8.33. The van der Waals surface area contributed by atoms with Gasteiger partial charge in [0, 0.05) is 6.04 Å². The minimum absolute atomic E-state index is 0.0470. The number of aryl methyl sites for hydroxylation is 1. The summed E-state index contributed by atoms with van der Waals surface area (Å²) in [7, 11) is 0. The number of nitrogens with zero attached hydrogens (tertiary/aromatic N) is 2. The molecule has 0 aliphatic carbocycles. The molecule has 1 aromatic heterocycles. The van der Waals surface area contributed by atoms with Crippen LogP contribution in [0.2, 0.25) is 0 Å². The molecule has 0 aliphatic rings. The molecule has 0 radical (unpaired) electrons. The molecule has 20 heavy (non-hydrogen) atoms. The third kappa shape index (κ3) is 5.30. The van der Waals surface area contributed by atoms with Gasteiger partial charge in [-0.3, -0.25) is 4.79 Å². The van der Waals surface area contributed by atoms with E-state index in [0.717, 1.165) is 17.2 Å². The number of aromatic nitrogens is 2. The van der Waals surface area contributed by atoms with Gasteiger partial charge in [-0.2, -0.15) is 0 Å². The van der Waals surface area contributed by atoms with E-state index in [0.29, 0.717) is 5.75 Å². The zero-order chi connectivity index (χ0) is 14.2. The summed E-state index contributed by atoms with van der Waals surface area (Å²) in [6.07, 6.45) is 1.92. The Morgan fingerprint density at radius 3 is 2.90 bits per heavy atom. The molecular formula is C14H17N3OS2. The number of hydrogen-bond donors (Lipinski definition) is 1.